The average molecular weight is 351 g/mol. The molecule has 0 unspecified atom stereocenters. The van der Waals surface area contributed by atoms with Gasteiger partial charge in [-0.2, -0.15) is 0 Å². The molecule has 0 N–H and O–H groups in total. The van der Waals surface area contributed by atoms with Gasteiger partial charge in [-0.1, -0.05) is 6.07 Å². The molecule has 0 aliphatic rings. The molecule has 0 saturated heterocycles. The lowest BCUT2D eigenvalue weighted by atomic mass is 10.1. The van der Waals surface area contributed by atoms with Gasteiger partial charge in [-0.15, -0.1) is 0 Å². The molecule has 0 spiro atoms. The zero-order valence-electron chi connectivity index (χ0n) is 12.0. The van der Waals surface area contributed by atoms with Crippen LogP contribution in [-0.2, 0) is 0 Å². The fourth-order valence-electron chi connectivity index (χ4n) is 1.83. The predicted molar refractivity (Wildman–Crippen MR) is 83.8 cm³/mol. The van der Waals surface area contributed by atoms with Crippen molar-refractivity contribution < 1.29 is 19.0 Å². The molecular formula is C16H15BrO4. The number of Topliss-reactive ketones (excluding diaryl/α,β-unsaturated/α-hetero) is 1. The molecule has 110 valence electrons. The van der Waals surface area contributed by atoms with Crippen LogP contribution >= 0.6 is 15.9 Å². The second-order valence-electron chi connectivity index (χ2n) is 4.30. The van der Waals surface area contributed by atoms with E-state index >= 15 is 0 Å². The third-order valence-electron chi connectivity index (χ3n) is 2.93. The number of ketones is 1. The minimum absolute atomic E-state index is 0.00266. The molecule has 0 aliphatic heterocycles. The Balaban J connectivity index is 2.40. The summed E-state index contributed by atoms with van der Waals surface area (Å²) in [4.78, 5) is 11.4. The van der Waals surface area contributed by atoms with Crippen molar-refractivity contribution in [3.8, 4) is 23.0 Å². The van der Waals surface area contributed by atoms with Crippen molar-refractivity contribution in [3.63, 3.8) is 0 Å². The molecule has 0 amide bonds. The number of halogens is 1. The van der Waals surface area contributed by atoms with Crippen LogP contribution in [0.3, 0.4) is 0 Å². The molecule has 5 heteroatoms. The summed E-state index contributed by atoms with van der Waals surface area (Å²) in [6, 6.07) is 10.6. The Labute approximate surface area is 131 Å². The Kier molecular flexibility index (Phi) is 4.85. The first kappa shape index (κ1) is 15.4. The number of ether oxygens (including phenoxy) is 3. The summed E-state index contributed by atoms with van der Waals surface area (Å²) in [5.74, 6) is 2.19. The SMILES string of the molecule is COc1cccc(OC)c1Oc1ccc(C(C)=O)cc1Br. The highest BCUT2D eigenvalue weighted by Crippen LogP contribution is 2.41. The number of para-hydroxylation sites is 1. The Morgan fingerprint density at radius 2 is 1.62 bits per heavy atom. The zero-order chi connectivity index (χ0) is 15.4. The van der Waals surface area contributed by atoms with Crippen LogP contribution in [0.15, 0.2) is 40.9 Å². The van der Waals surface area contributed by atoms with Crippen molar-refractivity contribution >= 4 is 21.7 Å². The molecule has 4 nitrogen and oxygen atoms in total. The standard InChI is InChI=1S/C16H15BrO4/c1-10(18)11-7-8-13(12(17)9-11)21-16-14(19-2)5-4-6-15(16)20-3/h4-9H,1-3H3. The molecule has 0 aromatic heterocycles. The summed E-state index contributed by atoms with van der Waals surface area (Å²) >= 11 is 3.41. The van der Waals surface area contributed by atoms with Gasteiger partial charge in [0.05, 0.1) is 18.7 Å². The lowest BCUT2D eigenvalue weighted by Gasteiger charge is -2.15. The summed E-state index contributed by atoms with van der Waals surface area (Å²) < 4.78 is 17.1. The molecule has 0 radical (unpaired) electrons. The largest absolute Gasteiger partial charge is 0.493 e. The quantitative estimate of drug-likeness (QED) is 0.746. The second-order valence-corrected chi connectivity index (χ2v) is 5.15. The Hall–Kier alpha value is -2.01. The van der Waals surface area contributed by atoms with Crippen molar-refractivity contribution in [1.29, 1.82) is 0 Å². The van der Waals surface area contributed by atoms with Gasteiger partial charge < -0.3 is 14.2 Å². The molecule has 0 heterocycles. The number of carbonyl (C=O) groups excluding carboxylic acids is 1. The van der Waals surface area contributed by atoms with Crippen molar-refractivity contribution in [1.82, 2.24) is 0 Å². The van der Waals surface area contributed by atoms with Crippen LogP contribution in [0.25, 0.3) is 0 Å². The number of hydrogen-bond acceptors (Lipinski definition) is 4. The van der Waals surface area contributed by atoms with Gasteiger partial charge in [0.1, 0.15) is 5.75 Å². The lowest BCUT2D eigenvalue weighted by Crippen LogP contribution is -1.96. The van der Waals surface area contributed by atoms with Gasteiger partial charge in [0.2, 0.25) is 5.75 Å². The van der Waals surface area contributed by atoms with Gasteiger partial charge in [0.25, 0.3) is 0 Å². The molecule has 2 aromatic rings. The first-order chi connectivity index (χ1) is 10.1. The van der Waals surface area contributed by atoms with Crippen LogP contribution in [-0.4, -0.2) is 20.0 Å². The fourth-order valence-corrected chi connectivity index (χ4v) is 2.29. The van der Waals surface area contributed by atoms with E-state index in [2.05, 4.69) is 15.9 Å². The van der Waals surface area contributed by atoms with E-state index in [1.54, 1.807) is 44.6 Å². The minimum Gasteiger partial charge on any atom is -0.493 e. The van der Waals surface area contributed by atoms with E-state index < -0.39 is 0 Å². The maximum Gasteiger partial charge on any atom is 0.211 e. The normalized spacial score (nSPS) is 10.1. The third-order valence-corrected chi connectivity index (χ3v) is 3.55. The Bertz CT molecular complexity index is 645. The van der Waals surface area contributed by atoms with Crippen LogP contribution in [0.5, 0.6) is 23.0 Å². The van der Waals surface area contributed by atoms with E-state index in [1.807, 2.05) is 6.07 Å². The average Bonchev–Trinajstić information content (AvgIpc) is 2.49. The molecule has 0 bridgehead atoms. The minimum atomic E-state index is -0.00266. The van der Waals surface area contributed by atoms with Gasteiger partial charge in [-0.05, 0) is 53.2 Å². The molecule has 2 rings (SSSR count). The topological polar surface area (TPSA) is 44.8 Å². The molecule has 21 heavy (non-hydrogen) atoms. The third kappa shape index (κ3) is 3.36. The van der Waals surface area contributed by atoms with E-state index in [9.17, 15) is 4.79 Å². The highest BCUT2D eigenvalue weighted by molar-refractivity contribution is 9.10. The summed E-state index contributed by atoms with van der Waals surface area (Å²) in [6.07, 6.45) is 0. The van der Waals surface area contributed by atoms with Gasteiger partial charge in [-0.25, -0.2) is 0 Å². The number of hydrogen-bond donors (Lipinski definition) is 0. The maximum absolute atomic E-state index is 11.4. The Morgan fingerprint density at radius 3 is 2.10 bits per heavy atom. The number of rotatable bonds is 5. The van der Waals surface area contributed by atoms with Crippen LogP contribution in [0.4, 0.5) is 0 Å². The smallest absolute Gasteiger partial charge is 0.211 e. The van der Waals surface area contributed by atoms with E-state index in [0.29, 0.717) is 33.0 Å². The fraction of sp³-hybridized carbons (Fsp3) is 0.188. The van der Waals surface area contributed by atoms with Gasteiger partial charge in [-0.3, -0.25) is 4.79 Å². The molecule has 0 fully saturated rings. The summed E-state index contributed by atoms with van der Waals surface area (Å²) in [5, 5.41) is 0. The molecule has 0 atom stereocenters. The van der Waals surface area contributed by atoms with Crippen LogP contribution in [0.2, 0.25) is 0 Å². The number of benzene rings is 2. The van der Waals surface area contributed by atoms with Crippen molar-refractivity contribution in [2.24, 2.45) is 0 Å². The molecular weight excluding hydrogens is 336 g/mol. The van der Waals surface area contributed by atoms with E-state index in [0.717, 1.165) is 0 Å². The summed E-state index contributed by atoms with van der Waals surface area (Å²) in [6.45, 7) is 1.52. The van der Waals surface area contributed by atoms with E-state index in [1.165, 1.54) is 6.92 Å². The summed E-state index contributed by atoms with van der Waals surface area (Å²) in [7, 11) is 3.13. The van der Waals surface area contributed by atoms with Crippen molar-refractivity contribution in [3.05, 3.63) is 46.4 Å². The highest BCUT2D eigenvalue weighted by Gasteiger charge is 2.14. The molecule has 0 aliphatic carbocycles. The predicted octanol–water partition coefficient (Wildman–Crippen LogP) is 4.46. The molecule has 2 aromatic carbocycles. The number of methoxy groups -OCH3 is 2. The maximum atomic E-state index is 11.4. The van der Waals surface area contributed by atoms with Crippen LogP contribution in [0, 0.1) is 0 Å². The number of carbonyl (C=O) groups is 1. The highest BCUT2D eigenvalue weighted by atomic mass is 79.9. The van der Waals surface area contributed by atoms with Crippen LogP contribution in [0.1, 0.15) is 17.3 Å². The van der Waals surface area contributed by atoms with Gasteiger partial charge in [0.15, 0.2) is 17.3 Å². The van der Waals surface area contributed by atoms with Gasteiger partial charge in [0, 0.05) is 5.56 Å². The lowest BCUT2D eigenvalue weighted by molar-refractivity contribution is 0.101. The zero-order valence-corrected chi connectivity index (χ0v) is 13.6. The van der Waals surface area contributed by atoms with Crippen molar-refractivity contribution in [2.75, 3.05) is 14.2 Å². The summed E-state index contributed by atoms with van der Waals surface area (Å²) in [5.41, 5.74) is 0.612. The van der Waals surface area contributed by atoms with Crippen molar-refractivity contribution in [2.45, 2.75) is 6.92 Å². The van der Waals surface area contributed by atoms with E-state index in [4.69, 9.17) is 14.2 Å². The van der Waals surface area contributed by atoms with Gasteiger partial charge >= 0.3 is 0 Å². The molecule has 0 saturated carbocycles. The van der Waals surface area contributed by atoms with Crippen LogP contribution < -0.4 is 14.2 Å². The first-order valence-corrected chi connectivity index (χ1v) is 7.05. The second kappa shape index (κ2) is 6.63. The Morgan fingerprint density at radius 1 is 1.00 bits per heavy atom. The monoisotopic (exact) mass is 350 g/mol. The van der Waals surface area contributed by atoms with E-state index in [-0.39, 0.29) is 5.78 Å². The first-order valence-electron chi connectivity index (χ1n) is 6.26.